The highest BCUT2D eigenvalue weighted by molar-refractivity contribution is 5.71. The van der Waals surface area contributed by atoms with Gasteiger partial charge >= 0.3 is 6.18 Å². The molecule has 0 fully saturated rings. The Bertz CT molecular complexity index is 1340. The number of azo groups is 1. The van der Waals surface area contributed by atoms with E-state index in [0.29, 0.717) is 35.1 Å². The molecule has 0 spiro atoms. The van der Waals surface area contributed by atoms with Gasteiger partial charge in [0.05, 0.1) is 16.9 Å². The highest BCUT2D eigenvalue weighted by Gasteiger charge is 2.31. The predicted molar refractivity (Wildman–Crippen MR) is 112 cm³/mol. The Hall–Kier alpha value is -4.01. The Morgan fingerprint density at radius 1 is 0.906 bits per heavy atom. The summed E-state index contributed by atoms with van der Waals surface area (Å²) in [4.78, 5) is 13.1. The van der Waals surface area contributed by atoms with Crippen LogP contribution in [-0.4, -0.2) is 9.78 Å². The summed E-state index contributed by atoms with van der Waals surface area (Å²) in [5.41, 5.74) is 0.00306. The van der Waals surface area contributed by atoms with E-state index in [9.17, 15) is 22.4 Å². The fourth-order valence-corrected chi connectivity index (χ4v) is 3.07. The van der Waals surface area contributed by atoms with E-state index in [1.54, 1.807) is 42.5 Å². The lowest BCUT2D eigenvalue weighted by Gasteiger charge is -2.06. The third-order valence-corrected chi connectivity index (χ3v) is 4.75. The van der Waals surface area contributed by atoms with E-state index in [2.05, 4.69) is 15.3 Å². The fourth-order valence-electron chi connectivity index (χ4n) is 3.07. The van der Waals surface area contributed by atoms with E-state index in [4.69, 9.17) is 0 Å². The average Bonchev–Trinajstić information content (AvgIpc) is 3.10. The normalized spacial score (nSPS) is 11.9. The molecular formula is C23H16F4N4O. The quantitative estimate of drug-likeness (QED) is 0.278. The molecule has 32 heavy (non-hydrogen) atoms. The number of halogens is 4. The molecule has 1 aromatic heterocycles. The zero-order valence-corrected chi connectivity index (χ0v) is 16.7. The Balaban J connectivity index is 1.85. The number of aromatic nitrogens is 2. The number of hydrogen-bond acceptors (Lipinski definition) is 3. The van der Waals surface area contributed by atoms with Gasteiger partial charge in [-0.1, -0.05) is 48.0 Å². The summed E-state index contributed by atoms with van der Waals surface area (Å²) in [5, 5.41) is 10.5. The van der Waals surface area contributed by atoms with Crippen LogP contribution in [0.4, 0.5) is 28.9 Å². The monoisotopic (exact) mass is 440 g/mol. The van der Waals surface area contributed by atoms with Gasteiger partial charge in [-0.3, -0.25) is 9.89 Å². The van der Waals surface area contributed by atoms with Crippen molar-refractivity contribution in [1.82, 2.24) is 9.78 Å². The van der Waals surface area contributed by atoms with Crippen molar-refractivity contribution in [3.63, 3.8) is 0 Å². The van der Waals surface area contributed by atoms with Gasteiger partial charge in [-0.2, -0.15) is 13.2 Å². The molecule has 4 rings (SSSR count). The minimum Gasteiger partial charge on any atom is -0.288 e. The first-order chi connectivity index (χ1) is 15.2. The maximum atomic E-state index is 14.1. The maximum absolute atomic E-state index is 14.1. The van der Waals surface area contributed by atoms with Crippen LogP contribution in [0.5, 0.6) is 0 Å². The van der Waals surface area contributed by atoms with Crippen LogP contribution >= 0.6 is 0 Å². The molecule has 0 aliphatic carbocycles. The van der Waals surface area contributed by atoms with E-state index in [0.717, 1.165) is 5.56 Å². The molecule has 0 amide bonds. The van der Waals surface area contributed by atoms with Crippen molar-refractivity contribution in [2.24, 2.45) is 10.2 Å². The van der Waals surface area contributed by atoms with Crippen molar-refractivity contribution in [1.29, 1.82) is 0 Å². The van der Waals surface area contributed by atoms with Crippen LogP contribution in [-0.2, 0) is 6.18 Å². The summed E-state index contributed by atoms with van der Waals surface area (Å²) < 4.78 is 54.3. The molecular weight excluding hydrogens is 424 g/mol. The van der Waals surface area contributed by atoms with Crippen LogP contribution in [0.15, 0.2) is 87.8 Å². The van der Waals surface area contributed by atoms with Crippen molar-refractivity contribution in [2.45, 2.75) is 13.1 Å². The first kappa shape index (κ1) is 21.2. The number of rotatable bonds is 4. The topological polar surface area (TPSA) is 62.5 Å². The Labute approximate surface area is 179 Å². The SMILES string of the molecule is Cc1ccc(-n2[nH]c(-c3ccccc3)c(N=Nc3cc(C(F)(F)F)ccc3F)c2=O)cc1. The van der Waals surface area contributed by atoms with Crippen LogP contribution in [0.25, 0.3) is 16.9 Å². The number of nitrogens with zero attached hydrogens (tertiary/aromatic N) is 3. The Morgan fingerprint density at radius 3 is 2.25 bits per heavy atom. The predicted octanol–water partition coefficient (Wildman–Crippen LogP) is 6.71. The van der Waals surface area contributed by atoms with Crippen LogP contribution in [0.3, 0.4) is 0 Å². The van der Waals surface area contributed by atoms with Gasteiger partial charge in [0.15, 0.2) is 11.5 Å². The molecule has 0 atom stereocenters. The zero-order valence-electron chi connectivity index (χ0n) is 16.7. The fraction of sp³-hybridized carbons (Fsp3) is 0.0870. The minimum absolute atomic E-state index is 0.159. The Morgan fingerprint density at radius 2 is 1.59 bits per heavy atom. The number of nitrogens with one attached hydrogen (secondary N) is 1. The van der Waals surface area contributed by atoms with Gasteiger partial charge in [-0.05, 0) is 37.3 Å². The largest absolute Gasteiger partial charge is 0.416 e. The summed E-state index contributed by atoms with van der Waals surface area (Å²) in [5.74, 6) is -0.989. The molecule has 0 saturated carbocycles. The van der Waals surface area contributed by atoms with Crippen molar-refractivity contribution >= 4 is 11.4 Å². The molecule has 1 N–H and O–H groups in total. The number of H-pyrrole nitrogens is 1. The van der Waals surface area contributed by atoms with Crippen LogP contribution in [0, 0.1) is 12.7 Å². The molecule has 0 radical (unpaired) electrons. The van der Waals surface area contributed by atoms with Crippen molar-refractivity contribution in [2.75, 3.05) is 0 Å². The molecule has 3 aromatic carbocycles. The van der Waals surface area contributed by atoms with Gasteiger partial charge in [0.25, 0.3) is 5.56 Å². The molecule has 5 nitrogen and oxygen atoms in total. The average molecular weight is 440 g/mol. The van der Waals surface area contributed by atoms with Crippen LogP contribution in [0.1, 0.15) is 11.1 Å². The van der Waals surface area contributed by atoms with Gasteiger partial charge in [-0.25, -0.2) is 9.07 Å². The second kappa shape index (κ2) is 8.26. The van der Waals surface area contributed by atoms with E-state index in [1.807, 2.05) is 19.1 Å². The van der Waals surface area contributed by atoms with E-state index in [1.165, 1.54) is 4.68 Å². The van der Waals surface area contributed by atoms with Crippen molar-refractivity contribution in [3.05, 3.63) is 100 Å². The lowest BCUT2D eigenvalue weighted by Crippen LogP contribution is -2.13. The van der Waals surface area contributed by atoms with Gasteiger partial charge in [0.1, 0.15) is 5.69 Å². The molecule has 0 aliphatic heterocycles. The van der Waals surface area contributed by atoms with E-state index in [-0.39, 0.29) is 5.69 Å². The third kappa shape index (κ3) is 4.22. The molecule has 0 saturated heterocycles. The number of benzene rings is 3. The second-order valence-corrected chi connectivity index (χ2v) is 7.04. The summed E-state index contributed by atoms with van der Waals surface area (Å²) in [6, 6.07) is 17.7. The van der Waals surface area contributed by atoms with E-state index >= 15 is 0 Å². The minimum atomic E-state index is -4.67. The number of aromatic amines is 1. The smallest absolute Gasteiger partial charge is 0.288 e. The first-order valence-corrected chi connectivity index (χ1v) is 9.50. The second-order valence-electron chi connectivity index (χ2n) is 7.04. The molecule has 4 aromatic rings. The highest BCUT2D eigenvalue weighted by atomic mass is 19.4. The summed E-state index contributed by atoms with van der Waals surface area (Å²) >= 11 is 0. The molecule has 0 bridgehead atoms. The highest BCUT2D eigenvalue weighted by Crippen LogP contribution is 2.34. The number of hydrogen-bond donors (Lipinski definition) is 1. The van der Waals surface area contributed by atoms with Crippen LogP contribution < -0.4 is 5.56 Å². The Kier molecular flexibility index (Phi) is 5.48. The lowest BCUT2D eigenvalue weighted by molar-refractivity contribution is -0.137. The van der Waals surface area contributed by atoms with Gasteiger partial charge in [0, 0.05) is 5.56 Å². The standard InChI is InChI=1S/C23H16F4N4O/c1-14-7-10-17(11-8-14)31-22(32)21(20(30-31)15-5-3-2-4-6-15)29-28-19-13-16(23(25,26)27)9-12-18(19)24/h2-13,30H,1H3. The van der Waals surface area contributed by atoms with Crippen molar-refractivity contribution in [3.8, 4) is 16.9 Å². The first-order valence-electron chi connectivity index (χ1n) is 9.50. The van der Waals surface area contributed by atoms with Gasteiger partial charge in [-0.15, -0.1) is 10.2 Å². The molecule has 1 heterocycles. The summed E-state index contributed by atoms with van der Waals surface area (Å²) in [6.45, 7) is 1.90. The van der Waals surface area contributed by atoms with E-state index < -0.39 is 28.8 Å². The summed E-state index contributed by atoms with van der Waals surface area (Å²) in [7, 11) is 0. The van der Waals surface area contributed by atoms with Crippen molar-refractivity contribution < 1.29 is 17.6 Å². The lowest BCUT2D eigenvalue weighted by atomic mass is 10.1. The third-order valence-electron chi connectivity index (χ3n) is 4.75. The zero-order chi connectivity index (χ0) is 22.9. The molecule has 0 aliphatic rings. The van der Waals surface area contributed by atoms with Crippen LogP contribution in [0.2, 0.25) is 0 Å². The molecule has 0 unspecified atom stereocenters. The number of alkyl halides is 3. The maximum Gasteiger partial charge on any atom is 0.416 e. The van der Waals surface area contributed by atoms with Gasteiger partial charge in [0.2, 0.25) is 0 Å². The van der Waals surface area contributed by atoms with Gasteiger partial charge < -0.3 is 0 Å². The molecule has 162 valence electrons. The number of aryl methyl sites for hydroxylation is 1. The summed E-state index contributed by atoms with van der Waals surface area (Å²) in [6.07, 6.45) is -4.67. The molecule has 9 heteroatoms.